The van der Waals surface area contributed by atoms with Crippen molar-refractivity contribution in [3.63, 3.8) is 0 Å². The number of nitrogens with two attached hydrogens (primary N) is 1. The van der Waals surface area contributed by atoms with Crippen molar-refractivity contribution in [2.24, 2.45) is 25.9 Å². The highest BCUT2D eigenvalue weighted by atomic mass is 35.5. The van der Waals surface area contributed by atoms with Gasteiger partial charge in [-0.15, -0.1) is 16.7 Å². The number of halogens is 1. The summed E-state index contributed by atoms with van der Waals surface area (Å²) >= 11 is 5.57. The lowest BCUT2D eigenvalue weighted by atomic mass is 10.2. The van der Waals surface area contributed by atoms with E-state index >= 15 is 0 Å². The van der Waals surface area contributed by atoms with E-state index in [1.54, 1.807) is 0 Å². The van der Waals surface area contributed by atoms with Gasteiger partial charge < -0.3 is 5.73 Å². The van der Waals surface area contributed by atoms with Crippen LogP contribution in [0.3, 0.4) is 0 Å². The summed E-state index contributed by atoms with van der Waals surface area (Å²) in [6.45, 7) is 0. The first-order chi connectivity index (χ1) is 6.22. The first kappa shape index (κ1) is 8.06. The van der Waals surface area contributed by atoms with E-state index in [4.69, 9.17) is 17.3 Å². The van der Waals surface area contributed by atoms with Gasteiger partial charge in [0.25, 0.3) is 0 Å². The number of carbonyl (C=O) groups excluding carboxylic acids is 1. The van der Waals surface area contributed by atoms with Crippen LogP contribution in [0.2, 0.25) is 0 Å². The molecule has 6 nitrogen and oxygen atoms in total. The Morgan fingerprint density at radius 1 is 1.31 bits per heavy atom. The van der Waals surface area contributed by atoms with E-state index in [2.05, 4.69) is 20.2 Å². The van der Waals surface area contributed by atoms with Crippen molar-refractivity contribution in [2.75, 3.05) is 5.88 Å². The Bertz CT molecular complexity index is 405. The fraction of sp³-hybridized carbons (Fsp3) is 0.167. The molecule has 0 atom stereocenters. The van der Waals surface area contributed by atoms with Crippen LogP contribution < -0.4 is 5.73 Å². The van der Waals surface area contributed by atoms with E-state index in [1.807, 2.05) is 0 Å². The molecule has 0 saturated carbocycles. The van der Waals surface area contributed by atoms with Crippen LogP contribution in [0.25, 0.3) is 0 Å². The number of amides is 2. The van der Waals surface area contributed by atoms with E-state index in [0.717, 1.165) is 0 Å². The molecule has 0 unspecified atom stereocenters. The zero-order chi connectivity index (χ0) is 9.42. The van der Waals surface area contributed by atoms with E-state index in [-0.39, 0.29) is 17.6 Å². The Labute approximate surface area is 77.9 Å². The second-order valence-corrected chi connectivity index (χ2v) is 2.64. The van der Waals surface area contributed by atoms with E-state index in [9.17, 15) is 4.79 Å². The van der Waals surface area contributed by atoms with Gasteiger partial charge in [0.1, 0.15) is 5.84 Å². The monoisotopic (exact) mass is 197 g/mol. The Morgan fingerprint density at radius 2 is 2.08 bits per heavy atom. The largest absolute Gasteiger partial charge is 0.383 e. The lowest BCUT2D eigenvalue weighted by Crippen LogP contribution is -2.25. The summed E-state index contributed by atoms with van der Waals surface area (Å²) in [7, 11) is 0. The molecule has 2 aliphatic rings. The summed E-state index contributed by atoms with van der Waals surface area (Å²) in [5.41, 5.74) is 6.45. The molecule has 7 heteroatoms. The molecule has 0 bridgehead atoms. The topological polar surface area (TPSA) is 92.5 Å². The molecule has 2 amide bonds. The average molecular weight is 198 g/mol. The van der Waals surface area contributed by atoms with Gasteiger partial charge in [0, 0.05) is 0 Å². The van der Waals surface area contributed by atoms with Crippen LogP contribution in [0.4, 0.5) is 4.79 Å². The zero-order valence-corrected chi connectivity index (χ0v) is 7.12. The molecule has 2 rings (SSSR count). The normalized spacial score (nSPS) is 20.2. The van der Waals surface area contributed by atoms with Crippen LogP contribution >= 0.6 is 11.6 Å². The van der Waals surface area contributed by atoms with Crippen molar-refractivity contribution in [1.82, 2.24) is 0 Å². The summed E-state index contributed by atoms with van der Waals surface area (Å²) in [4.78, 5) is 17.8. The Hall–Kier alpha value is -1.56. The van der Waals surface area contributed by atoms with Crippen molar-refractivity contribution in [2.45, 2.75) is 0 Å². The fourth-order valence-electron chi connectivity index (χ4n) is 1.05. The van der Waals surface area contributed by atoms with Crippen LogP contribution in [0.15, 0.2) is 31.5 Å². The highest BCUT2D eigenvalue weighted by molar-refractivity contribution is 6.31. The standard InChI is InChI=1S/C6H4ClN5O/c7-1-2-3-4(8)9-6(13)10-5(3)12-11-2/h1H2,(H2,8,9,13). The molecule has 0 radical (unpaired) electrons. The third kappa shape index (κ3) is 1.15. The van der Waals surface area contributed by atoms with Gasteiger partial charge in [0.05, 0.1) is 17.2 Å². The Morgan fingerprint density at radius 3 is 2.77 bits per heavy atom. The molecule has 2 heterocycles. The van der Waals surface area contributed by atoms with Crippen molar-refractivity contribution < 1.29 is 4.79 Å². The molecule has 0 fully saturated rings. The third-order valence-electron chi connectivity index (χ3n) is 1.58. The highest BCUT2D eigenvalue weighted by Gasteiger charge is 2.27. The first-order valence-corrected chi connectivity index (χ1v) is 3.94. The van der Waals surface area contributed by atoms with Gasteiger partial charge in [-0.2, -0.15) is 15.1 Å². The summed E-state index contributed by atoms with van der Waals surface area (Å²) in [6, 6.07) is -0.661. The SMILES string of the molecule is NC1=NC(=O)N=C2N=NC(CCl)=C12. The summed E-state index contributed by atoms with van der Waals surface area (Å²) in [6.07, 6.45) is 0. The van der Waals surface area contributed by atoms with Gasteiger partial charge in [0.15, 0.2) is 5.84 Å². The van der Waals surface area contributed by atoms with E-state index < -0.39 is 6.03 Å². The number of carbonyl (C=O) groups is 1. The molecule has 0 aromatic rings. The Kier molecular flexibility index (Phi) is 1.70. The van der Waals surface area contributed by atoms with Gasteiger partial charge in [-0.1, -0.05) is 0 Å². The smallest absolute Gasteiger partial charge is 0.371 e. The first-order valence-electron chi connectivity index (χ1n) is 3.41. The van der Waals surface area contributed by atoms with Gasteiger partial charge in [-0.3, -0.25) is 0 Å². The van der Waals surface area contributed by atoms with Gasteiger partial charge in [-0.25, -0.2) is 4.79 Å². The molecule has 0 saturated heterocycles. The van der Waals surface area contributed by atoms with Crippen molar-refractivity contribution in [3.8, 4) is 0 Å². The van der Waals surface area contributed by atoms with Gasteiger partial charge in [-0.05, 0) is 0 Å². The van der Waals surface area contributed by atoms with Crippen LogP contribution in [0, 0.1) is 0 Å². The molecular weight excluding hydrogens is 194 g/mol. The minimum absolute atomic E-state index is 0.0793. The predicted octanol–water partition coefficient (Wildman–Crippen LogP) is 0.834. The number of allylic oxidation sites excluding steroid dienone is 1. The molecule has 2 aliphatic heterocycles. The molecule has 0 aromatic heterocycles. The molecule has 0 spiro atoms. The van der Waals surface area contributed by atoms with Crippen LogP contribution in [-0.2, 0) is 0 Å². The predicted molar refractivity (Wildman–Crippen MR) is 47.1 cm³/mol. The van der Waals surface area contributed by atoms with E-state index in [0.29, 0.717) is 11.3 Å². The van der Waals surface area contributed by atoms with Crippen LogP contribution in [0.5, 0.6) is 0 Å². The third-order valence-corrected chi connectivity index (χ3v) is 1.83. The zero-order valence-electron chi connectivity index (χ0n) is 6.36. The number of nitrogens with zero attached hydrogens (tertiary/aromatic N) is 4. The number of hydrogen-bond donors (Lipinski definition) is 1. The molecular formula is C6H4ClN5O. The Balaban J connectivity index is 2.55. The average Bonchev–Trinajstić information content (AvgIpc) is 2.47. The van der Waals surface area contributed by atoms with Crippen molar-refractivity contribution >= 4 is 29.3 Å². The number of amidine groups is 2. The maximum atomic E-state index is 10.8. The molecule has 0 aliphatic carbocycles. The van der Waals surface area contributed by atoms with Crippen LogP contribution in [-0.4, -0.2) is 23.6 Å². The number of azo groups is 1. The number of rotatable bonds is 1. The molecule has 2 N–H and O–H groups in total. The molecule has 0 aromatic carbocycles. The lowest BCUT2D eigenvalue weighted by Gasteiger charge is -2.05. The lowest BCUT2D eigenvalue weighted by molar-refractivity contribution is 0.257. The van der Waals surface area contributed by atoms with Crippen molar-refractivity contribution in [1.29, 1.82) is 0 Å². The van der Waals surface area contributed by atoms with Gasteiger partial charge >= 0.3 is 6.03 Å². The summed E-state index contributed by atoms with van der Waals surface area (Å²) < 4.78 is 0. The second-order valence-electron chi connectivity index (χ2n) is 2.37. The second kappa shape index (κ2) is 2.74. The fourth-order valence-corrected chi connectivity index (χ4v) is 1.23. The van der Waals surface area contributed by atoms with Crippen molar-refractivity contribution in [3.05, 3.63) is 11.3 Å². The maximum absolute atomic E-state index is 10.8. The molecule has 66 valence electrons. The molecule has 13 heavy (non-hydrogen) atoms. The van der Waals surface area contributed by atoms with Crippen LogP contribution in [0.1, 0.15) is 0 Å². The minimum Gasteiger partial charge on any atom is -0.383 e. The number of aliphatic imine (C=N–C) groups is 2. The minimum atomic E-state index is -0.661. The van der Waals surface area contributed by atoms with Gasteiger partial charge in [0.2, 0.25) is 0 Å². The summed E-state index contributed by atoms with van der Waals surface area (Å²) in [5.74, 6) is 0.450. The quantitative estimate of drug-likeness (QED) is 0.631. The van der Waals surface area contributed by atoms with E-state index in [1.165, 1.54) is 0 Å². The number of fused-ring (bicyclic) bond motifs is 1. The number of alkyl halides is 1. The number of hydrogen-bond acceptors (Lipinski definition) is 4. The number of urea groups is 1. The highest BCUT2D eigenvalue weighted by Crippen LogP contribution is 2.21. The summed E-state index contributed by atoms with van der Waals surface area (Å²) in [5, 5.41) is 7.36. The maximum Gasteiger partial charge on any atom is 0.371 e.